The molecule has 2 heterocycles. The van der Waals surface area contributed by atoms with Gasteiger partial charge >= 0.3 is 5.97 Å². The van der Waals surface area contributed by atoms with Gasteiger partial charge in [-0.15, -0.1) is 0 Å². The van der Waals surface area contributed by atoms with E-state index in [2.05, 4.69) is 51.8 Å². The number of benzene rings is 2. The number of hydrogen-bond donors (Lipinski definition) is 0. The minimum atomic E-state index is -0.776. The molecule has 0 bridgehead atoms. The molecule has 0 aliphatic carbocycles. The molecule has 2 aromatic carbocycles. The van der Waals surface area contributed by atoms with Crippen LogP contribution >= 0.6 is 27.3 Å². The van der Waals surface area contributed by atoms with Gasteiger partial charge < -0.3 is 19.1 Å². The summed E-state index contributed by atoms with van der Waals surface area (Å²) in [6, 6.07) is 10.9. The molecule has 1 unspecified atom stereocenters. The first-order valence-corrected chi connectivity index (χ1v) is 14.3. The van der Waals surface area contributed by atoms with Gasteiger partial charge in [0.05, 0.1) is 42.7 Å². The van der Waals surface area contributed by atoms with E-state index in [1.807, 2.05) is 18.2 Å². The number of esters is 1. The molecule has 206 valence electrons. The maximum absolute atomic E-state index is 13.9. The third-order valence-corrected chi connectivity index (χ3v) is 8.30. The van der Waals surface area contributed by atoms with Gasteiger partial charge in [0.1, 0.15) is 0 Å². The van der Waals surface area contributed by atoms with Crippen molar-refractivity contribution in [2.24, 2.45) is 4.99 Å². The quantitative estimate of drug-likeness (QED) is 0.332. The van der Waals surface area contributed by atoms with Gasteiger partial charge in [-0.2, -0.15) is 0 Å². The Bertz CT molecular complexity index is 1590. The molecular formula is C29H32BrN3O5S. The number of hydrogen-bond acceptors (Lipinski definition) is 8. The number of carbonyl (C=O) groups is 1. The molecule has 4 rings (SSSR count). The summed E-state index contributed by atoms with van der Waals surface area (Å²) in [5.41, 5.74) is 3.24. The average Bonchev–Trinajstić information content (AvgIpc) is 3.23. The zero-order valence-corrected chi connectivity index (χ0v) is 25.3. The summed E-state index contributed by atoms with van der Waals surface area (Å²) in [4.78, 5) is 34.5. The molecule has 0 amide bonds. The minimum Gasteiger partial charge on any atom is -0.493 e. The molecule has 1 aromatic heterocycles. The van der Waals surface area contributed by atoms with E-state index >= 15 is 0 Å². The standard InChI is InChI=1S/C29H32BrN3O5S/c1-7-32(8-2)19-12-10-18(11-13-19)14-24-27(34)33-26(20-15-22(36-5)23(37-6)16-21(20)30)25(28(35)38-9-3)17(4)31-29(33)39-24/h10-16,26H,7-9H2,1-6H3. The van der Waals surface area contributed by atoms with E-state index < -0.39 is 12.0 Å². The van der Waals surface area contributed by atoms with Gasteiger partial charge in [-0.05, 0) is 69.2 Å². The minimum absolute atomic E-state index is 0.198. The van der Waals surface area contributed by atoms with Crippen LogP contribution in [0.1, 0.15) is 44.9 Å². The number of carbonyl (C=O) groups excluding carboxylic acids is 1. The Balaban J connectivity index is 1.92. The fraction of sp³-hybridized carbons (Fsp3) is 0.345. The van der Waals surface area contributed by atoms with Crippen LogP contribution in [0, 0.1) is 0 Å². The van der Waals surface area contributed by atoms with Crippen LogP contribution in [0.4, 0.5) is 5.69 Å². The smallest absolute Gasteiger partial charge is 0.338 e. The van der Waals surface area contributed by atoms with Crippen molar-refractivity contribution in [3.8, 4) is 11.5 Å². The van der Waals surface area contributed by atoms with Crippen molar-refractivity contribution >= 4 is 45.0 Å². The zero-order valence-electron chi connectivity index (χ0n) is 22.9. The predicted octanol–water partition coefficient (Wildman–Crippen LogP) is 4.42. The van der Waals surface area contributed by atoms with E-state index in [1.165, 1.54) is 11.3 Å². The second-order valence-corrected chi connectivity index (χ2v) is 10.7. The van der Waals surface area contributed by atoms with Gasteiger partial charge in [-0.3, -0.25) is 9.36 Å². The molecule has 1 aliphatic heterocycles. The largest absolute Gasteiger partial charge is 0.493 e. The van der Waals surface area contributed by atoms with Crippen LogP contribution in [0.25, 0.3) is 6.08 Å². The lowest BCUT2D eigenvalue weighted by molar-refractivity contribution is -0.139. The molecule has 0 radical (unpaired) electrons. The Hall–Kier alpha value is -3.37. The Labute approximate surface area is 240 Å². The Morgan fingerprint density at radius 1 is 1.10 bits per heavy atom. The topological polar surface area (TPSA) is 82.4 Å². The van der Waals surface area contributed by atoms with E-state index in [0.29, 0.717) is 42.1 Å². The molecule has 0 spiro atoms. The van der Waals surface area contributed by atoms with Crippen LogP contribution in [-0.2, 0) is 9.53 Å². The molecule has 39 heavy (non-hydrogen) atoms. The van der Waals surface area contributed by atoms with Crippen LogP contribution in [0.15, 0.2) is 61.9 Å². The molecule has 8 nitrogen and oxygen atoms in total. The number of halogens is 1. The fourth-order valence-corrected chi connectivity index (χ4v) is 6.27. The van der Waals surface area contributed by atoms with Gasteiger partial charge in [0.15, 0.2) is 16.3 Å². The summed E-state index contributed by atoms with van der Waals surface area (Å²) in [7, 11) is 3.09. The van der Waals surface area contributed by atoms with Crippen molar-refractivity contribution in [2.45, 2.75) is 33.7 Å². The van der Waals surface area contributed by atoms with Crippen LogP contribution in [0.2, 0.25) is 0 Å². The number of thiazole rings is 1. The maximum atomic E-state index is 13.9. The van der Waals surface area contributed by atoms with Crippen LogP contribution < -0.4 is 29.3 Å². The highest BCUT2D eigenvalue weighted by atomic mass is 79.9. The van der Waals surface area contributed by atoms with Gasteiger partial charge in [-0.1, -0.05) is 39.4 Å². The molecule has 0 saturated carbocycles. The summed E-state index contributed by atoms with van der Waals surface area (Å²) in [5, 5.41) is 0. The van der Waals surface area contributed by atoms with Crippen molar-refractivity contribution in [1.82, 2.24) is 4.57 Å². The van der Waals surface area contributed by atoms with Gasteiger partial charge in [0.2, 0.25) is 0 Å². The summed E-state index contributed by atoms with van der Waals surface area (Å²) in [5.74, 6) is 0.475. The van der Waals surface area contributed by atoms with Crippen molar-refractivity contribution in [1.29, 1.82) is 0 Å². The number of rotatable bonds is 9. The molecule has 0 saturated heterocycles. The van der Waals surface area contributed by atoms with E-state index in [4.69, 9.17) is 14.2 Å². The summed E-state index contributed by atoms with van der Waals surface area (Å²) < 4.78 is 19.1. The normalized spacial score (nSPS) is 15.1. The molecule has 1 aliphatic rings. The number of allylic oxidation sites excluding steroid dienone is 1. The number of anilines is 1. The van der Waals surface area contributed by atoms with Crippen LogP contribution in [0.5, 0.6) is 11.5 Å². The predicted molar refractivity (Wildman–Crippen MR) is 158 cm³/mol. The second-order valence-electron chi connectivity index (χ2n) is 8.79. The van der Waals surface area contributed by atoms with Gasteiger partial charge in [-0.25, -0.2) is 9.79 Å². The molecule has 1 atom stereocenters. The van der Waals surface area contributed by atoms with Crippen LogP contribution in [-0.4, -0.2) is 44.5 Å². The van der Waals surface area contributed by atoms with E-state index in [9.17, 15) is 9.59 Å². The first-order chi connectivity index (χ1) is 18.8. The highest BCUT2D eigenvalue weighted by Crippen LogP contribution is 2.40. The van der Waals surface area contributed by atoms with Crippen molar-refractivity contribution < 1.29 is 19.0 Å². The van der Waals surface area contributed by atoms with Crippen molar-refractivity contribution in [3.63, 3.8) is 0 Å². The SMILES string of the molecule is CCOC(=O)C1=C(C)N=c2sc(=Cc3ccc(N(CC)CC)cc3)c(=O)n2C1c1cc(OC)c(OC)cc1Br. The fourth-order valence-electron chi connectivity index (χ4n) is 4.69. The third kappa shape index (κ3) is 5.53. The molecule has 10 heteroatoms. The Kier molecular flexibility index (Phi) is 8.97. The number of aromatic nitrogens is 1. The number of fused-ring (bicyclic) bond motifs is 1. The van der Waals surface area contributed by atoms with Gasteiger partial charge in [0, 0.05) is 23.2 Å². The average molecular weight is 615 g/mol. The Morgan fingerprint density at radius 2 is 1.74 bits per heavy atom. The second kappa shape index (κ2) is 12.2. The highest BCUT2D eigenvalue weighted by molar-refractivity contribution is 9.10. The zero-order chi connectivity index (χ0) is 28.3. The summed E-state index contributed by atoms with van der Waals surface area (Å²) in [6.45, 7) is 9.79. The number of methoxy groups -OCH3 is 2. The summed E-state index contributed by atoms with van der Waals surface area (Å²) >= 11 is 4.91. The monoisotopic (exact) mass is 613 g/mol. The lowest BCUT2D eigenvalue weighted by atomic mass is 9.95. The van der Waals surface area contributed by atoms with Gasteiger partial charge in [0.25, 0.3) is 5.56 Å². The highest BCUT2D eigenvalue weighted by Gasteiger charge is 2.35. The van der Waals surface area contributed by atoms with Crippen molar-refractivity contribution in [3.05, 3.63) is 83.0 Å². The van der Waals surface area contributed by atoms with Crippen molar-refractivity contribution in [2.75, 3.05) is 38.8 Å². The Morgan fingerprint density at radius 3 is 2.33 bits per heavy atom. The maximum Gasteiger partial charge on any atom is 0.338 e. The first kappa shape index (κ1) is 28.6. The molecular weight excluding hydrogens is 582 g/mol. The number of nitrogens with zero attached hydrogens (tertiary/aromatic N) is 3. The molecule has 0 fully saturated rings. The lowest BCUT2D eigenvalue weighted by Crippen LogP contribution is -2.40. The number of ether oxygens (including phenoxy) is 3. The van der Waals surface area contributed by atoms with E-state index in [0.717, 1.165) is 24.3 Å². The molecule has 0 N–H and O–H groups in total. The summed E-state index contributed by atoms with van der Waals surface area (Å²) in [6.07, 6.45) is 1.86. The molecule has 3 aromatic rings. The lowest BCUT2D eigenvalue weighted by Gasteiger charge is -2.26. The van der Waals surface area contributed by atoms with E-state index in [1.54, 1.807) is 44.8 Å². The van der Waals surface area contributed by atoms with Crippen LogP contribution in [0.3, 0.4) is 0 Å². The van der Waals surface area contributed by atoms with E-state index in [-0.39, 0.29) is 12.2 Å². The third-order valence-electron chi connectivity index (χ3n) is 6.63. The first-order valence-electron chi connectivity index (χ1n) is 12.7.